The van der Waals surface area contributed by atoms with Gasteiger partial charge in [-0.15, -0.1) is 0 Å². The second-order valence-electron chi connectivity index (χ2n) is 7.02. The van der Waals surface area contributed by atoms with Gasteiger partial charge in [-0.3, -0.25) is 24.4 Å². The Kier molecular flexibility index (Phi) is 5.29. The minimum Gasteiger partial charge on any atom is -0.366 e. The quantitative estimate of drug-likeness (QED) is 0.489. The summed E-state index contributed by atoms with van der Waals surface area (Å²) < 4.78 is 4.51. The summed E-state index contributed by atoms with van der Waals surface area (Å²) in [4.78, 5) is 39.1. The third kappa shape index (κ3) is 4.07. The molecule has 0 unspecified atom stereocenters. The number of nitrogens with zero attached hydrogens (tertiary/aromatic N) is 3. The number of aromatic nitrogens is 2. The predicted octanol–water partition coefficient (Wildman–Crippen LogP) is 2.79. The molecule has 4 rings (SSSR count). The van der Waals surface area contributed by atoms with Crippen LogP contribution in [-0.2, 0) is 4.79 Å². The standard InChI is InChI=1S/C20H19N5O5/c26-19(21-15-5-3-4-14(12-15)18-22-20(27)30-23-18)13-8-10-24(11-9-13)16-6-1-2-7-17(16)25(28)29/h1-7,12-13H,8-11H2,(H,21,26)(H,22,23,27). The first kappa shape index (κ1) is 19.4. The molecule has 10 heteroatoms. The summed E-state index contributed by atoms with van der Waals surface area (Å²) >= 11 is 0. The Morgan fingerprint density at radius 2 is 1.97 bits per heavy atom. The number of carbonyl (C=O) groups excluding carboxylic acids is 1. The second kappa shape index (κ2) is 8.19. The smallest absolute Gasteiger partial charge is 0.366 e. The minimum absolute atomic E-state index is 0.0723. The van der Waals surface area contributed by atoms with Gasteiger partial charge in [-0.2, -0.15) is 0 Å². The summed E-state index contributed by atoms with van der Waals surface area (Å²) in [5, 5.41) is 17.8. The zero-order chi connectivity index (χ0) is 21.1. The fourth-order valence-corrected chi connectivity index (χ4v) is 3.61. The molecule has 154 valence electrons. The van der Waals surface area contributed by atoms with E-state index >= 15 is 0 Å². The van der Waals surface area contributed by atoms with E-state index in [2.05, 4.69) is 20.0 Å². The first-order valence-electron chi connectivity index (χ1n) is 9.47. The second-order valence-corrected chi connectivity index (χ2v) is 7.02. The zero-order valence-corrected chi connectivity index (χ0v) is 15.9. The topological polar surface area (TPSA) is 134 Å². The molecule has 0 saturated carbocycles. The lowest BCUT2D eigenvalue weighted by molar-refractivity contribution is -0.384. The van der Waals surface area contributed by atoms with E-state index in [1.54, 1.807) is 42.5 Å². The Balaban J connectivity index is 1.40. The van der Waals surface area contributed by atoms with E-state index < -0.39 is 5.76 Å². The van der Waals surface area contributed by atoms with Gasteiger partial charge >= 0.3 is 5.76 Å². The lowest BCUT2D eigenvalue weighted by atomic mass is 9.95. The third-order valence-electron chi connectivity index (χ3n) is 5.13. The molecule has 1 aromatic heterocycles. The maximum absolute atomic E-state index is 12.7. The summed E-state index contributed by atoms with van der Waals surface area (Å²) in [7, 11) is 0. The number of H-pyrrole nitrogens is 1. The summed E-state index contributed by atoms with van der Waals surface area (Å²) in [6, 6.07) is 13.6. The van der Waals surface area contributed by atoms with Crippen LogP contribution < -0.4 is 16.0 Å². The number of amides is 1. The molecule has 2 aromatic carbocycles. The van der Waals surface area contributed by atoms with Gasteiger partial charge < -0.3 is 10.2 Å². The molecule has 1 aliphatic heterocycles. The Morgan fingerprint density at radius 3 is 2.67 bits per heavy atom. The fourth-order valence-electron chi connectivity index (χ4n) is 3.61. The molecular weight excluding hydrogens is 390 g/mol. The summed E-state index contributed by atoms with van der Waals surface area (Å²) in [5.74, 6) is -0.666. The van der Waals surface area contributed by atoms with Gasteiger partial charge in [0.15, 0.2) is 5.82 Å². The zero-order valence-electron chi connectivity index (χ0n) is 15.9. The van der Waals surface area contributed by atoms with Crippen LogP contribution in [0.1, 0.15) is 12.8 Å². The van der Waals surface area contributed by atoms with Gasteiger partial charge in [0, 0.05) is 36.3 Å². The molecule has 1 aliphatic rings. The molecule has 0 aliphatic carbocycles. The van der Waals surface area contributed by atoms with Gasteiger partial charge in [0.05, 0.1) is 4.92 Å². The number of hydrogen-bond acceptors (Lipinski definition) is 7. The number of hydrogen-bond donors (Lipinski definition) is 2. The van der Waals surface area contributed by atoms with Crippen molar-refractivity contribution in [3.8, 4) is 11.4 Å². The third-order valence-corrected chi connectivity index (χ3v) is 5.13. The number of piperidine rings is 1. The lowest BCUT2D eigenvalue weighted by Crippen LogP contribution is -2.38. The van der Waals surface area contributed by atoms with Crippen LogP contribution in [0.15, 0.2) is 57.8 Å². The van der Waals surface area contributed by atoms with Crippen molar-refractivity contribution in [1.29, 1.82) is 0 Å². The largest absolute Gasteiger partial charge is 0.439 e. The molecule has 10 nitrogen and oxygen atoms in total. The van der Waals surface area contributed by atoms with Gasteiger partial charge in [-0.1, -0.05) is 29.4 Å². The summed E-state index contributed by atoms with van der Waals surface area (Å²) in [6.07, 6.45) is 1.18. The summed E-state index contributed by atoms with van der Waals surface area (Å²) in [5.41, 5.74) is 1.85. The van der Waals surface area contributed by atoms with Crippen LogP contribution in [0.25, 0.3) is 11.4 Å². The van der Waals surface area contributed by atoms with Crippen molar-refractivity contribution in [1.82, 2.24) is 10.1 Å². The first-order valence-corrected chi connectivity index (χ1v) is 9.47. The highest BCUT2D eigenvalue weighted by molar-refractivity contribution is 5.93. The van der Waals surface area contributed by atoms with Gasteiger partial charge in [0.25, 0.3) is 5.69 Å². The van der Waals surface area contributed by atoms with Crippen molar-refractivity contribution in [3.05, 3.63) is 69.2 Å². The van der Waals surface area contributed by atoms with Crippen LogP contribution in [0.3, 0.4) is 0 Å². The Bertz CT molecular complexity index is 1130. The molecule has 0 bridgehead atoms. The van der Waals surface area contributed by atoms with Crippen LogP contribution in [0.4, 0.5) is 17.1 Å². The van der Waals surface area contributed by atoms with E-state index in [1.165, 1.54) is 6.07 Å². The van der Waals surface area contributed by atoms with Crippen molar-refractivity contribution in [3.63, 3.8) is 0 Å². The number of nitro benzene ring substituents is 1. The van der Waals surface area contributed by atoms with E-state index in [1.807, 2.05) is 4.90 Å². The molecule has 30 heavy (non-hydrogen) atoms. The maximum Gasteiger partial charge on any atom is 0.439 e. The maximum atomic E-state index is 12.7. The number of benzene rings is 2. The van der Waals surface area contributed by atoms with E-state index in [-0.39, 0.29) is 28.3 Å². The lowest BCUT2D eigenvalue weighted by Gasteiger charge is -2.32. The molecular formula is C20H19N5O5. The average molecular weight is 409 g/mol. The van der Waals surface area contributed by atoms with Crippen molar-refractivity contribution in [2.75, 3.05) is 23.3 Å². The van der Waals surface area contributed by atoms with Crippen LogP contribution in [-0.4, -0.2) is 34.1 Å². The van der Waals surface area contributed by atoms with Crippen LogP contribution in [0.5, 0.6) is 0 Å². The first-order chi connectivity index (χ1) is 14.5. The van der Waals surface area contributed by atoms with Crippen LogP contribution >= 0.6 is 0 Å². The highest BCUT2D eigenvalue weighted by Crippen LogP contribution is 2.31. The monoisotopic (exact) mass is 409 g/mol. The summed E-state index contributed by atoms with van der Waals surface area (Å²) in [6.45, 7) is 1.12. The van der Waals surface area contributed by atoms with Crippen LogP contribution in [0, 0.1) is 16.0 Å². The number of nitrogens with one attached hydrogen (secondary N) is 2. The van der Waals surface area contributed by atoms with Crippen molar-refractivity contribution in [2.45, 2.75) is 12.8 Å². The molecule has 0 radical (unpaired) electrons. The van der Waals surface area contributed by atoms with Gasteiger partial charge in [-0.25, -0.2) is 4.79 Å². The number of carbonyl (C=O) groups is 1. The molecule has 2 heterocycles. The predicted molar refractivity (Wildman–Crippen MR) is 109 cm³/mol. The molecule has 3 aromatic rings. The van der Waals surface area contributed by atoms with Crippen molar-refractivity contribution >= 4 is 23.0 Å². The minimum atomic E-state index is -0.648. The normalized spacial score (nSPS) is 14.5. The molecule has 0 atom stereocenters. The van der Waals surface area contributed by atoms with Gasteiger partial charge in [-0.05, 0) is 31.0 Å². The fraction of sp³-hybridized carbons (Fsp3) is 0.250. The van der Waals surface area contributed by atoms with Crippen molar-refractivity contribution in [2.24, 2.45) is 5.92 Å². The van der Waals surface area contributed by atoms with Gasteiger partial charge in [0.1, 0.15) is 5.69 Å². The number of aromatic amines is 1. The number of anilines is 2. The Hall–Kier alpha value is -3.95. The van der Waals surface area contributed by atoms with E-state index in [0.717, 1.165) is 0 Å². The Labute approximate surface area is 170 Å². The van der Waals surface area contributed by atoms with E-state index in [4.69, 9.17) is 0 Å². The average Bonchev–Trinajstić information content (AvgIpc) is 3.20. The molecule has 1 amide bonds. The SMILES string of the molecule is O=C(Nc1cccc(-c2noc(=O)[nH]2)c1)C1CCN(c2ccccc2[N+](=O)[O-])CC1. The number of para-hydroxylation sites is 2. The number of rotatable bonds is 5. The molecule has 1 fully saturated rings. The van der Waals surface area contributed by atoms with Crippen molar-refractivity contribution < 1.29 is 14.2 Å². The number of nitro groups is 1. The molecule has 0 spiro atoms. The van der Waals surface area contributed by atoms with E-state index in [0.29, 0.717) is 42.9 Å². The molecule has 2 N–H and O–H groups in total. The highest BCUT2D eigenvalue weighted by Gasteiger charge is 2.28. The van der Waals surface area contributed by atoms with E-state index in [9.17, 15) is 19.7 Å². The van der Waals surface area contributed by atoms with Crippen LogP contribution in [0.2, 0.25) is 0 Å². The highest BCUT2D eigenvalue weighted by atomic mass is 16.6. The Morgan fingerprint density at radius 1 is 1.20 bits per heavy atom. The van der Waals surface area contributed by atoms with Gasteiger partial charge in [0.2, 0.25) is 5.91 Å². The molecule has 1 saturated heterocycles.